The molecule has 1 atom stereocenters. The summed E-state index contributed by atoms with van der Waals surface area (Å²) in [5, 5.41) is 9.96. The van der Waals surface area contributed by atoms with Crippen LogP contribution >= 0.6 is 0 Å². The number of benzene rings is 1. The second-order valence-electron chi connectivity index (χ2n) is 6.39. The second kappa shape index (κ2) is 6.32. The highest BCUT2D eigenvalue weighted by Gasteiger charge is 2.28. The number of nitrogens with zero attached hydrogens (tertiary/aromatic N) is 2. The summed E-state index contributed by atoms with van der Waals surface area (Å²) in [7, 11) is 0. The fourth-order valence-corrected chi connectivity index (χ4v) is 3.82. The predicted molar refractivity (Wildman–Crippen MR) is 81.9 cm³/mol. The third-order valence-electron chi connectivity index (χ3n) is 5.18. The normalized spacial score (nSPS) is 23.5. The van der Waals surface area contributed by atoms with Gasteiger partial charge in [-0.15, -0.1) is 0 Å². The first-order valence-electron chi connectivity index (χ1n) is 8.11. The molecule has 21 heavy (non-hydrogen) atoms. The summed E-state index contributed by atoms with van der Waals surface area (Å²) in [6.45, 7) is 6.22. The molecule has 0 bridgehead atoms. The van der Waals surface area contributed by atoms with Crippen LogP contribution in [0.25, 0.3) is 0 Å². The largest absolute Gasteiger partial charge is 0.508 e. The van der Waals surface area contributed by atoms with Crippen LogP contribution in [0.15, 0.2) is 18.2 Å². The second-order valence-corrected chi connectivity index (χ2v) is 6.39. The maximum atomic E-state index is 13.4. The van der Waals surface area contributed by atoms with Crippen molar-refractivity contribution in [2.45, 2.75) is 44.7 Å². The lowest BCUT2D eigenvalue weighted by molar-refractivity contribution is 0.0743. The van der Waals surface area contributed by atoms with Crippen molar-refractivity contribution in [2.24, 2.45) is 0 Å². The van der Waals surface area contributed by atoms with E-state index in [0.29, 0.717) is 5.56 Å². The molecule has 2 fully saturated rings. The van der Waals surface area contributed by atoms with Gasteiger partial charge in [0.25, 0.3) is 0 Å². The number of phenolic OH excluding ortho intramolecular Hbond substituents is 1. The average Bonchev–Trinajstić information content (AvgIpc) is 3.03. The molecule has 2 aliphatic rings. The Balaban J connectivity index is 1.62. The van der Waals surface area contributed by atoms with Crippen LogP contribution in [0.2, 0.25) is 0 Å². The molecule has 116 valence electrons. The number of rotatable bonds is 3. The van der Waals surface area contributed by atoms with Crippen molar-refractivity contribution in [2.75, 3.05) is 26.2 Å². The fraction of sp³-hybridized carbons (Fsp3) is 0.647. The van der Waals surface area contributed by atoms with Gasteiger partial charge in [-0.1, -0.05) is 12.8 Å². The van der Waals surface area contributed by atoms with Crippen molar-refractivity contribution < 1.29 is 9.50 Å². The van der Waals surface area contributed by atoms with Gasteiger partial charge in [-0.3, -0.25) is 9.80 Å². The van der Waals surface area contributed by atoms with E-state index in [9.17, 15) is 9.50 Å². The molecular formula is C17H25FN2O. The van der Waals surface area contributed by atoms with Gasteiger partial charge in [0.05, 0.1) is 0 Å². The van der Waals surface area contributed by atoms with E-state index in [1.807, 2.05) is 0 Å². The lowest BCUT2D eigenvalue weighted by atomic mass is 10.0. The third-order valence-corrected chi connectivity index (χ3v) is 5.18. The van der Waals surface area contributed by atoms with E-state index >= 15 is 0 Å². The van der Waals surface area contributed by atoms with Crippen LogP contribution in [-0.4, -0.2) is 47.1 Å². The van der Waals surface area contributed by atoms with E-state index in [1.165, 1.54) is 43.9 Å². The highest BCUT2D eigenvalue weighted by molar-refractivity contribution is 5.35. The Bertz CT molecular complexity index is 480. The number of phenols is 1. The Hall–Kier alpha value is -1.13. The van der Waals surface area contributed by atoms with E-state index < -0.39 is 0 Å². The van der Waals surface area contributed by atoms with Crippen LogP contribution in [0.4, 0.5) is 4.39 Å². The predicted octanol–water partition coefficient (Wildman–Crippen LogP) is 3.15. The lowest BCUT2D eigenvalue weighted by Crippen LogP contribution is -2.50. The quantitative estimate of drug-likeness (QED) is 0.927. The monoisotopic (exact) mass is 292 g/mol. The molecule has 1 heterocycles. The SMILES string of the molecule is CC(c1cc(F)ccc1O)N1CCN(C2CCCC2)CC1. The molecule has 1 aromatic rings. The zero-order valence-electron chi connectivity index (χ0n) is 12.8. The number of aromatic hydroxyl groups is 1. The fourth-order valence-electron chi connectivity index (χ4n) is 3.82. The highest BCUT2D eigenvalue weighted by Crippen LogP contribution is 2.31. The van der Waals surface area contributed by atoms with Gasteiger partial charge in [0, 0.05) is 43.8 Å². The molecule has 0 spiro atoms. The molecule has 1 saturated carbocycles. The summed E-state index contributed by atoms with van der Waals surface area (Å²) in [6, 6.07) is 5.07. The average molecular weight is 292 g/mol. The van der Waals surface area contributed by atoms with Crippen molar-refractivity contribution in [1.82, 2.24) is 9.80 Å². The van der Waals surface area contributed by atoms with E-state index in [0.717, 1.165) is 32.2 Å². The third kappa shape index (κ3) is 3.22. The van der Waals surface area contributed by atoms with Gasteiger partial charge in [0.15, 0.2) is 0 Å². The molecule has 1 aliphatic carbocycles. The summed E-state index contributed by atoms with van der Waals surface area (Å²) in [5.41, 5.74) is 0.698. The van der Waals surface area contributed by atoms with Gasteiger partial charge >= 0.3 is 0 Å². The Morgan fingerprint density at radius 2 is 1.81 bits per heavy atom. The van der Waals surface area contributed by atoms with Gasteiger partial charge in [0.1, 0.15) is 11.6 Å². The molecule has 0 amide bonds. The van der Waals surface area contributed by atoms with Crippen LogP contribution in [-0.2, 0) is 0 Å². The molecule has 1 aliphatic heterocycles. The number of hydrogen-bond donors (Lipinski definition) is 1. The minimum atomic E-state index is -0.278. The number of halogens is 1. The van der Waals surface area contributed by atoms with Crippen molar-refractivity contribution >= 4 is 0 Å². The summed E-state index contributed by atoms with van der Waals surface area (Å²) in [5.74, 6) is -0.0821. The first-order valence-corrected chi connectivity index (χ1v) is 8.11. The molecule has 0 aromatic heterocycles. The van der Waals surface area contributed by atoms with Gasteiger partial charge in [-0.25, -0.2) is 4.39 Å². The Morgan fingerprint density at radius 3 is 2.48 bits per heavy atom. The maximum absolute atomic E-state index is 13.4. The van der Waals surface area contributed by atoms with Gasteiger partial charge < -0.3 is 5.11 Å². The summed E-state index contributed by atoms with van der Waals surface area (Å²) in [4.78, 5) is 4.96. The number of piperazine rings is 1. The van der Waals surface area contributed by atoms with Crippen molar-refractivity contribution in [3.05, 3.63) is 29.6 Å². The summed E-state index contributed by atoms with van der Waals surface area (Å²) >= 11 is 0. The summed E-state index contributed by atoms with van der Waals surface area (Å²) < 4.78 is 13.4. The van der Waals surface area contributed by atoms with Gasteiger partial charge in [-0.2, -0.15) is 0 Å². The first-order chi connectivity index (χ1) is 10.1. The van der Waals surface area contributed by atoms with Crippen LogP contribution < -0.4 is 0 Å². The Kier molecular flexibility index (Phi) is 4.45. The van der Waals surface area contributed by atoms with Crippen molar-refractivity contribution in [1.29, 1.82) is 0 Å². The zero-order valence-corrected chi connectivity index (χ0v) is 12.8. The molecule has 1 unspecified atom stereocenters. The molecular weight excluding hydrogens is 267 g/mol. The first kappa shape index (κ1) is 14.8. The molecule has 1 N–H and O–H groups in total. The standard InChI is InChI=1S/C17H25FN2O/c1-13(16-12-14(18)6-7-17(16)21)19-8-10-20(11-9-19)15-4-2-3-5-15/h6-7,12-13,15,21H,2-5,8-11H2,1H3. The maximum Gasteiger partial charge on any atom is 0.123 e. The lowest BCUT2D eigenvalue weighted by Gasteiger charge is -2.40. The molecule has 1 aromatic carbocycles. The van der Waals surface area contributed by atoms with Crippen LogP contribution in [0.5, 0.6) is 5.75 Å². The molecule has 1 saturated heterocycles. The van der Waals surface area contributed by atoms with E-state index in [-0.39, 0.29) is 17.6 Å². The van der Waals surface area contributed by atoms with Crippen molar-refractivity contribution in [3.8, 4) is 5.75 Å². The van der Waals surface area contributed by atoms with Gasteiger partial charge in [0.2, 0.25) is 0 Å². The van der Waals surface area contributed by atoms with Crippen LogP contribution in [0, 0.1) is 5.82 Å². The molecule has 3 rings (SSSR count). The topological polar surface area (TPSA) is 26.7 Å². The zero-order chi connectivity index (χ0) is 14.8. The van der Waals surface area contributed by atoms with Crippen molar-refractivity contribution in [3.63, 3.8) is 0 Å². The smallest absolute Gasteiger partial charge is 0.123 e. The Labute approximate surface area is 126 Å². The van der Waals surface area contributed by atoms with E-state index in [4.69, 9.17) is 0 Å². The van der Waals surface area contributed by atoms with E-state index in [1.54, 1.807) is 0 Å². The molecule has 3 nitrogen and oxygen atoms in total. The highest BCUT2D eigenvalue weighted by atomic mass is 19.1. The Morgan fingerprint density at radius 1 is 1.14 bits per heavy atom. The minimum absolute atomic E-state index is 0.0615. The summed E-state index contributed by atoms with van der Waals surface area (Å²) in [6.07, 6.45) is 5.44. The molecule has 4 heteroatoms. The van der Waals surface area contributed by atoms with Gasteiger partial charge in [-0.05, 0) is 38.0 Å². The minimum Gasteiger partial charge on any atom is -0.508 e. The molecule has 0 radical (unpaired) electrons. The van der Waals surface area contributed by atoms with Crippen LogP contribution in [0.1, 0.15) is 44.2 Å². The van der Waals surface area contributed by atoms with E-state index in [2.05, 4.69) is 16.7 Å². The van der Waals surface area contributed by atoms with Crippen LogP contribution in [0.3, 0.4) is 0 Å². The number of hydrogen-bond acceptors (Lipinski definition) is 3.